The van der Waals surface area contributed by atoms with Crippen LogP contribution in [0.15, 0.2) is 23.2 Å². The first-order valence-electron chi connectivity index (χ1n) is 11.6. The van der Waals surface area contributed by atoms with Crippen LogP contribution in [0.1, 0.15) is 38.3 Å². The molecule has 1 N–H and O–H groups in total. The number of rotatable bonds is 5. The number of piperazine rings is 1. The van der Waals surface area contributed by atoms with Gasteiger partial charge in [0.25, 0.3) is 0 Å². The van der Waals surface area contributed by atoms with Crippen molar-refractivity contribution in [2.45, 2.75) is 52.3 Å². The highest BCUT2D eigenvalue weighted by Gasteiger charge is 2.36. The summed E-state index contributed by atoms with van der Waals surface area (Å²) in [7, 11) is 0. The third-order valence-electron chi connectivity index (χ3n) is 6.02. The van der Waals surface area contributed by atoms with E-state index in [-0.39, 0.29) is 12.1 Å². The average molecular weight is 445 g/mol. The quantitative estimate of drug-likeness (QED) is 0.753. The number of hydrogen-bond acceptors (Lipinski definition) is 7. The van der Waals surface area contributed by atoms with E-state index in [9.17, 15) is 4.79 Å². The molecule has 0 aliphatic carbocycles. The number of ether oxygens (including phenoxy) is 3. The Morgan fingerprint density at radius 1 is 1.31 bits per heavy atom. The van der Waals surface area contributed by atoms with Gasteiger partial charge in [0.1, 0.15) is 11.4 Å². The van der Waals surface area contributed by atoms with Gasteiger partial charge in [-0.1, -0.05) is 12.1 Å². The van der Waals surface area contributed by atoms with Crippen molar-refractivity contribution in [3.63, 3.8) is 0 Å². The molecule has 1 aromatic rings. The number of hydrogen-bond donors (Lipinski definition) is 1. The Morgan fingerprint density at radius 2 is 2.16 bits per heavy atom. The summed E-state index contributed by atoms with van der Waals surface area (Å²) in [6, 6.07) is 6.53. The molecule has 0 aromatic heterocycles. The topological polar surface area (TPSA) is 75.6 Å². The van der Waals surface area contributed by atoms with Crippen molar-refractivity contribution in [2.24, 2.45) is 10.9 Å². The van der Waals surface area contributed by atoms with Crippen molar-refractivity contribution in [3.8, 4) is 5.75 Å². The van der Waals surface area contributed by atoms with Crippen LogP contribution in [0, 0.1) is 12.8 Å². The number of nitrogens with one attached hydrogen (secondary N) is 1. The molecule has 0 saturated carbocycles. The van der Waals surface area contributed by atoms with Gasteiger partial charge in [0, 0.05) is 44.3 Å². The minimum Gasteiger partial charge on any atom is -0.493 e. The van der Waals surface area contributed by atoms with Gasteiger partial charge in [0.05, 0.1) is 25.8 Å². The SMILES string of the molecule is Cc1ccc(CNC2=NCC3CN(C(=O)OC(C)(C)C)CCN23)c(OCC2CCOC2)c1. The van der Waals surface area contributed by atoms with E-state index in [1.54, 1.807) is 4.90 Å². The fourth-order valence-electron chi connectivity index (χ4n) is 4.26. The van der Waals surface area contributed by atoms with Crippen LogP contribution < -0.4 is 10.1 Å². The minimum absolute atomic E-state index is 0.190. The number of benzene rings is 1. The minimum atomic E-state index is -0.480. The summed E-state index contributed by atoms with van der Waals surface area (Å²) in [6.07, 6.45) is 0.819. The highest BCUT2D eigenvalue weighted by Crippen LogP contribution is 2.24. The molecule has 2 saturated heterocycles. The van der Waals surface area contributed by atoms with Crippen LogP contribution in [0.4, 0.5) is 4.79 Å². The molecular formula is C24H36N4O4. The molecule has 1 aromatic carbocycles. The van der Waals surface area contributed by atoms with E-state index in [4.69, 9.17) is 19.2 Å². The molecule has 3 aliphatic heterocycles. The molecule has 1 amide bonds. The van der Waals surface area contributed by atoms with Gasteiger partial charge in [-0.3, -0.25) is 4.99 Å². The van der Waals surface area contributed by atoms with E-state index in [0.717, 1.165) is 43.5 Å². The molecule has 2 unspecified atom stereocenters. The summed E-state index contributed by atoms with van der Waals surface area (Å²) in [4.78, 5) is 21.2. The van der Waals surface area contributed by atoms with Gasteiger partial charge in [-0.15, -0.1) is 0 Å². The largest absolute Gasteiger partial charge is 0.493 e. The van der Waals surface area contributed by atoms with Gasteiger partial charge in [-0.25, -0.2) is 4.79 Å². The lowest BCUT2D eigenvalue weighted by atomic mass is 10.1. The Labute approximate surface area is 190 Å². The van der Waals surface area contributed by atoms with Crippen LogP contribution >= 0.6 is 0 Å². The summed E-state index contributed by atoms with van der Waals surface area (Å²) in [5.74, 6) is 2.29. The van der Waals surface area contributed by atoms with Gasteiger partial charge in [0.2, 0.25) is 0 Å². The maximum atomic E-state index is 12.4. The van der Waals surface area contributed by atoms with E-state index < -0.39 is 5.60 Å². The molecule has 2 fully saturated rings. The normalized spacial score (nSPS) is 23.1. The standard InChI is InChI=1S/C24H36N4O4/c1-17-5-6-19(21(11-17)31-16-18-7-10-30-15-18)12-25-22-26-13-20-14-27(8-9-28(20)22)23(29)32-24(2,3)4/h5-6,11,18,20H,7-10,12-16H2,1-4H3,(H,25,26). The lowest BCUT2D eigenvalue weighted by molar-refractivity contribution is 0.0137. The average Bonchev–Trinajstić information content (AvgIpc) is 3.39. The number of carbonyl (C=O) groups excluding carboxylic acids is 1. The molecule has 8 heteroatoms. The molecule has 0 bridgehead atoms. The number of fused-ring (bicyclic) bond motifs is 1. The Bertz CT molecular complexity index is 845. The van der Waals surface area contributed by atoms with Crippen molar-refractivity contribution in [1.82, 2.24) is 15.1 Å². The lowest BCUT2D eigenvalue weighted by Gasteiger charge is -2.39. The maximum Gasteiger partial charge on any atom is 0.410 e. The van der Waals surface area contributed by atoms with Gasteiger partial charge in [-0.05, 0) is 45.7 Å². The highest BCUT2D eigenvalue weighted by molar-refractivity contribution is 5.82. The fourth-order valence-corrected chi connectivity index (χ4v) is 4.26. The van der Waals surface area contributed by atoms with Gasteiger partial charge < -0.3 is 29.3 Å². The fraction of sp³-hybridized carbons (Fsp3) is 0.667. The van der Waals surface area contributed by atoms with Crippen LogP contribution in [-0.2, 0) is 16.0 Å². The van der Waals surface area contributed by atoms with Crippen LogP contribution in [0.2, 0.25) is 0 Å². The monoisotopic (exact) mass is 444 g/mol. The zero-order chi connectivity index (χ0) is 22.7. The number of aryl methyl sites for hydroxylation is 1. The molecule has 0 radical (unpaired) electrons. The number of guanidine groups is 1. The third kappa shape index (κ3) is 5.65. The first-order valence-corrected chi connectivity index (χ1v) is 11.6. The van der Waals surface area contributed by atoms with E-state index in [0.29, 0.717) is 38.7 Å². The molecule has 3 heterocycles. The Balaban J connectivity index is 1.31. The molecule has 2 atom stereocenters. The number of carbonyl (C=O) groups is 1. The second kappa shape index (κ2) is 9.57. The van der Waals surface area contributed by atoms with Crippen LogP contribution in [-0.4, -0.2) is 79.5 Å². The Morgan fingerprint density at radius 3 is 2.91 bits per heavy atom. The smallest absolute Gasteiger partial charge is 0.410 e. The molecule has 8 nitrogen and oxygen atoms in total. The van der Waals surface area contributed by atoms with E-state index in [2.05, 4.69) is 35.3 Å². The Kier molecular flexibility index (Phi) is 6.79. The molecule has 3 aliphatic rings. The maximum absolute atomic E-state index is 12.4. The molecule has 0 spiro atoms. The van der Waals surface area contributed by atoms with Gasteiger partial charge >= 0.3 is 6.09 Å². The van der Waals surface area contributed by atoms with Crippen molar-refractivity contribution in [3.05, 3.63) is 29.3 Å². The van der Waals surface area contributed by atoms with Crippen molar-refractivity contribution >= 4 is 12.1 Å². The highest BCUT2D eigenvalue weighted by atomic mass is 16.6. The molecule has 176 valence electrons. The third-order valence-corrected chi connectivity index (χ3v) is 6.02. The van der Waals surface area contributed by atoms with Crippen LogP contribution in [0.3, 0.4) is 0 Å². The van der Waals surface area contributed by atoms with Gasteiger partial charge in [-0.2, -0.15) is 0 Å². The Hall–Kier alpha value is -2.48. The van der Waals surface area contributed by atoms with Crippen molar-refractivity contribution in [2.75, 3.05) is 46.0 Å². The summed E-state index contributed by atoms with van der Waals surface area (Å²) >= 11 is 0. The number of nitrogens with zero attached hydrogens (tertiary/aromatic N) is 3. The lowest BCUT2D eigenvalue weighted by Crippen LogP contribution is -2.57. The first-order chi connectivity index (χ1) is 15.3. The van der Waals surface area contributed by atoms with E-state index >= 15 is 0 Å². The number of amides is 1. The predicted molar refractivity (Wildman–Crippen MR) is 123 cm³/mol. The summed E-state index contributed by atoms with van der Waals surface area (Å²) in [6.45, 7) is 13.4. The van der Waals surface area contributed by atoms with E-state index in [1.807, 2.05) is 20.8 Å². The molecular weight excluding hydrogens is 408 g/mol. The molecule has 32 heavy (non-hydrogen) atoms. The number of aliphatic imine (C=N–C) groups is 1. The zero-order valence-electron chi connectivity index (χ0n) is 19.7. The van der Waals surface area contributed by atoms with Gasteiger partial charge in [0.15, 0.2) is 5.96 Å². The second-order valence-electron chi connectivity index (χ2n) is 9.94. The van der Waals surface area contributed by atoms with Crippen LogP contribution in [0.25, 0.3) is 0 Å². The summed E-state index contributed by atoms with van der Waals surface area (Å²) in [5, 5.41) is 3.50. The predicted octanol–water partition coefficient (Wildman–Crippen LogP) is 2.79. The second-order valence-corrected chi connectivity index (χ2v) is 9.94. The van der Waals surface area contributed by atoms with E-state index in [1.165, 1.54) is 5.56 Å². The van der Waals surface area contributed by atoms with Crippen molar-refractivity contribution in [1.29, 1.82) is 0 Å². The van der Waals surface area contributed by atoms with Crippen LogP contribution in [0.5, 0.6) is 5.75 Å². The first kappa shape index (κ1) is 22.7. The van der Waals surface area contributed by atoms with Crippen molar-refractivity contribution < 1.29 is 19.0 Å². The summed E-state index contributed by atoms with van der Waals surface area (Å²) in [5.41, 5.74) is 1.82. The summed E-state index contributed by atoms with van der Waals surface area (Å²) < 4.78 is 17.2. The molecule has 4 rings (SSSR count). The zero-order valence-corrected chi connectivity index (χ0v) is 19.7.